The summed E-state index contributed by atoms with van der Waals surface area (Å²) in [6, 6.07) is 7.38. The molecule has 212 valence electrons. The zero-order valence-corrected chi connectivity index (χ0v) is 24.5. The van der Waals surface area contributed by atoms with Crippen LogP contribution < -0.4 is 14.8 Å². The predicted octanol–water partition coefficient (Wildman–Crippen LogP) is 3.08. The number of hydrogen-bond donors (Lipinski definition) is 2. The first-order chi connectivity index (χ1) is 18.5. The van der Waals surface area contributed by atoms with E-state index in [2.05, 4.69) is 15.0 Å². The maximum absolute atomic E-state index is 13.5. The van der Waals surface area contributed by atoms with Gasteiger partial charge in [-0.2, -0.15) is 4.72 Å². The third-order valence-corrected chi connectivity index (χ3v) is 9.00. The highest BCUT2D eigenvalue weighted by molar-refractivity contribution is 7.89. The van der Waals surface area contributed by atoms with Crippen LogP contribution >= 0.6 is 0 Å². The molecule has 10 heteroatoms. The normalized spacial score (nSPS) is 15.7. The van der Waals surface area contributed by atoms with Crippen LogP contribution in [0.4, 0.5) is 0 Å². The van der Waals surface area contributed by atoms with Gasteiger partial charge in [-0.1, -0.05) is 24.3 Å². The van der Waals surface area contributed by atoms with Gasteiger partial charge in [-0.3, -0.25) is 14.6 Å². The summed E-state index contributed by atoms with van der Waals surface area (Å²) in [7, 11) is -0.797. The fourth-order valence-corrected chi connectivity index (χ4v) is 6.68. The van der Waals surface area contributed by atoms with Crippen molar-refractivity contribution in [3.05, 3.63) is 58.1 Å². The van der Waals surface area contributed by atoms with Crippen LogP contribution in [-0.2, 0) is 26.0 Å². The van der Waals surface area contributed by atoms with Crippen molar-refractivity contribution >= 4 is 28.1 Å². The van der Waals surface area contributed by atoms with Gasteiger partial charge >= 0.3 is 0 Å². The summed E-state index contributed by atoms with van der Waals surface area (Å²) in [5, 5.41) is 2.83. The molecule has 9 nitrogen and oxygen atoms in total. The molecule has 2 aromatic carbocycles. The standard InChI is InChI=1S/C29H40N4O5S/c1-19-16-26(38-6)20(2)21(3)27(19)39(36,37)32-22(4)28(34)31-25(29(35)33-14-8-7-9-15-33)17-23-10-12-24(13-11-23)18-30-5/h10-13,16,18,22,25,32H,7-9,14-15,17H2,1-6H3,(H,31,34)/t22-,25+/m0/s1. The average molecular weight is 557 g/mol. The number of nitrogens with one attached hydrogen (secondary N) is 2. The van der Waals surface area contributed by atoms with Crippen LogP contribution in [0.5, 0.6) is 5.75 Å². The van der Waals surface area contributed by atoms with E-state index in [-0.39, 0.29) is 10.8 Å². The second kappa shape index (κ2) is 13.2. The van der Waals surface area contributed by atoms with Crippen molar-refractivity contribution in [1.82, 2.24) is 14.9 Å². The van der Waals surface area contributed by atoms with Crippen LogP contribution in [0.15, 0.2) is 40.2 Å². The Bertz CT molecular complexity index is 1320. The lowest BCUT2D eigenvalue weighted by Crippen LogP contribution is -2.55. The van der Waals surface area contributed by atoms with Crippen LogP contribution in [0, 0.1) is 20.8 Å². The molecule has 1 fully saturated rings. The minimum absolute atomic E-state index is 0.122. The van der Waals surface area contributed by atoms with Gasteiger partial charge in [0.1, 0.15) is 11.8 Å². The maximum Gasteiger partial charge on any atom is 0.245 e. The molecule has 39 heavy (non-hydrogen) atoms. The minimum Gasteiger partial charge on any atom is -0.496 e. The van der Waals surface area contributed by atoms with E-state index in [9.17, 15) is 18.0 Å². The van der Waals surface area contributed by atoms with E-state index < -0.39 is 28.0 Å². The second-order valence-corrected chi connectivity index (χ2v) is 11.7. The van der Waals surface area contributed by atoms with Crippen molar-refractivity contribution in [2.45, 2.75) is 70.4 Å². The zero-order chi connectivity index (χ0) is 28.7. The van der Waals surface area contributed by atoms with E-state index in [1.165, 1.54) is 14.0 Å². The van der Waals surface area contributed by atoms with Gasteiger partial charge in [0.25, 0.3) is 0 Å². The molecular formula is C29H40N4O5S. The number of hydrogen-bond acceptors (Lipinski definition) is 6. The molecule has 0 unspecified atom stereocenters. The lowest BCUT2D eigenvalue weighted by atomic mass is 10.0. The monoisotopic (exact) mass is 556 g/mol. The van der Waals surface area contributed by atoms with E-state index in [0.29, 0.717) is 42.0 Å². The number of ether oxygens (including phenoxy) is 1. The second-order valence-electron chi connectivity index (χ2n) is 10.1. The minimum atomic E-state index is -4.03. The number of amides is 2. The van der Waals surface area contributed by atoms with Crippen LogP contribution in [0.2, 0.25) is 0 Å². The molecule has 0 bridgehead atoms. The predicted molar refractivity (Wildman–Crippen MR) is 153 cm³/mol. The lowest BCUT2D eigenvalue weighted by Gasteiger charge is -2.31. The quantitative estimate of drug-likeness (QED) is 0.436. The molecule has 0 saturated carbocycles. The smallest absolute Gasteiger partial charge is 0.245 e. The van der Waals surface area contributed by atoms with Crippen molar-refractivity contribution in [1.29, 1.82) is 0 Å². The number of methoxy groups -OCH3 is 1. The molecule has 2 atom stereocenters. The molecule has 0 aliphatic carbocycles. The van der Waals surface area contributed by atoms with E-state index in [0.717, 1.165) is 30.4 Å². The van der Waals surface area contributed by atoms with Gasteiger partial charge in [-0.05, 0) is 80.8 Å². The van der Waals surface area contributed by atoms with Gasteiger partial charge < -0.3 is 15.0 Å². The number of rotatable bonds is 10. The van der Waals surface area contributed by atoms with Gasteiger partial charge in [0.15, 0.2) is 0 Å². The number of sulfonamides is 1. The summed E-state index contributed by atoms with van der Waals surface area (Å²) in [6.07, 6.45) is 4.95. The first-order valence-electron chi connectivity index (χ1n) is 13.3. The topological polar surface area (TPSA) is 117 Å². The van der Waals surface area contributed by atoms with Gasteiger partial charge in [0.2, 0.25) is 21.8 Å². The molecule has 1 saturated heterocycles. The van der Waals surface area contributed by atoms with Crippen molar-refractivity contribution in [2.24, 2.45) is 4.99 Å². The number of carbonyl (C=O) groups excluding carboxylic acids is 2. The summed E-state index contributed by atoms with van der Waals surface area (Å²) in [6.45, 7) is 7.98. The summed E-state index contributed by atoms with van der Waals surface area (Å²) >= 11 is 0. The third-order valence-electron chi connectivity index (χ3n) is 7.17. The van der Waals surface area contributed by atoms with Crippen molar-refractivity contribution < 1.29 is 22.7 Å². The van der Waals surface area contributed by atoms with Crippen LogP contribution in [0.1, 0.15) is 54.0 Å². The summed E-state index contributed by atoms with van der Waals surface area (Å²) < 4.78 is 34.6. The fourth-order valence-electron chi connectivity index (χ4n) is 4.95. The molecule has 2 aromatic rings. The number of aryl methyl sites for hydroxylation is 1. The van der Waals surface area contributed by atoms with Gasteiger partial charge in [0, 0.05) is 32.8 Å². The van der Waals surface area contributed by atoms with Crippen LogP contribution in [-0.4, -0.2) is 70.7 Å². The Hall–Kier alpha value is -3.24. The zero-order valence-electron chi connectivity index (χ0n) is 23.7. The summed E-state index contributed by atoms with van der Waals surface area (Å²) in [4.78, 5) is 32.7. The molecule has 2 N–H and O–H groups in total. The summed E-state index contributed by atoms with van der Waals surface area (Å²) in [5.74, 6) is -0.122. The van der Waals surface area contributed by atoms with E-state index in [1.807, 2.05) is 24.3 Å². The molecule has 2 amide bonds. The molecule has 0 radical (unpaired) electrons. The van der Waals surface area contributed by atoms with Crippen molar-refractivity contribution in [3.8, 4) is 5.75 Å². The van der Waals surface area contributed by atoms with Gasteiger partial charge in [0.05, 0.1) is 18.0 Å². The number of likely N-dealkylation sites (tertiary alicyclic amines) is 1. The number of benzene rings is 2. The first-order valence-corrected chi connectivity index (χ1v) is 14.7. The number of piperidine rings is 1. The average Bonchev–Trinajstić information content (AvgIpc) is 2.91. The molecule has 0 spiro atoms. The Balaban J connectivity index is 1.81. The van der Waals surface area contributed by atoms with Gasteiger partial charge in [-0.25, -0.2) is 8.42 Å². The molecule has 0 aromatic heterocycles. The Labute approximate surface area is 232 Å². The number of nitrogens with zero attached hydrogens (tertiary/aromatic N) is 2. The molecule has 1 aliphatic heterocycles. The Morgan fingerprint density at radius 3 is 2.31 bits per heavy atom. The highest BCUT2D eigenvalue weighted by Crippen LogP contribution is 2.30. The van der Waals surface area contributed by atoms with Crippen molar-refractivity contribution in [3.63, 3.8) is 0 Å². The number of aliphatic imine (C=N–C) groups is 1. The fraction of sp³-hybridized carbons (Fsp3) is 0.483. The highest BCUT2D eigenvalue weighted by atomic mass is 32.2. The lowest BCUT2D eigenvalue weighted by molar-refractivity contribution is -0.137. The van der Waals surface area contributed by atoms with Crippen LogP contribution in [0.25, 0.3) is 0 Å². The molecular weight excluding hydrogens is 516 g/mol. The van der Waals surface area contributed by atoms with E-state index in [1.54, 1.807) is 45.0 Å². The van der Waals surface area contributed by atoms with E-state index in [4.69, 9.17) is 4.74 Å². The van der Waals surface area contributed by atoms with Gasteiger partial charge in [-0.15, -0.1) is 0 Å². The maximum atomic E-state index is 13.5. The molecule has 1 heterocycles. The molecule has 3 rings (SSSR count). The van der Waals surface area contributed by atoms with E-state index >= 15 is 0 Å². The Morgan fingerprint density at radius 1 is 1.08 bits per heavy atom. The Kier molecular flexibility index (Phi) is 10.3. The third kappa shape index (κ3) is 7.45. The van der Waals surface area contributed by atoms with Crippen molar-refractivity contribution in [2.75, 3.05) is 27.2 Å². The number of carbonyl (C=O) groups is 2. The Morgan fingerprint density at radius 2 is 1.72 bits per heavy atom. The summed E-state index contributed by atoms with van der Waals surface area (Å²) in [5.41, 5.74) is 3.61. The molecule has 1 aliphatic rings. The largest absolute Gasteiger partial charge is 0.496 e. The SMILES string of the molecule is CN=Cc1ccc(C[C@@H](NC(=O)[C@H](C)NS(=O)(=O)c2c(C)cc(OC)c(C)c2C)C(=O)N2CCCCC2)cc1. The first kappa shape index (κ1) is 30.3. The highest BCUT2D eigenvalue weighted by Gasteiger charge is 2.31. The van der Waals surface area contributed by atoms with Crippen LogP contribution in [0.3, 0.4) is 0 Å².